The topological polar surface area (TPSA) is 68.3 Å². The molecule has 0 rings (SSSR count). The Morgan fingerprint density at radius 2 is 0.714 bits per heavy atom. The molecule has 0 N–H and O–H groups in total. The van der Waals surface area contributed by atoms with E-state index in [-0.39, 0.29) is 18.6 Å². The summed E-state index contributed by atoms with van der Waals surface area (Å²) in [5, 5.41) is 0. The van der Waals surface area contributed by atoms with E-state index in [2.05, 4.69) is 0 Å². The Labute approximate surface area is 69.5 Å². The van der Waals surface area contributed by atoms with E-state index in [9.17, 15) is 0 Å². The maximum atomic E-state index is 8.50. The molecular weight excluding hydrogens is 211 g/mol. The predicted molar refractivity (Wildman–Crippen MR) is 2.75 cm³/mol. The van der Waals surface area contributed by atoms with Gasteiger partial charge >= 0.3 is 51.5 Å². The molecule has 0 bridgehead atoms. The van der Waals surface area contributed by atoms with Gasteiger partial charge in [0.1, 0.15) is 0 Å². The van der Waals surface area contributed by atoms with E-state index < -0.39 is 38.2 Å². The number of rotatable bonds is 0. The summed E-state index contributed by atoms with van der Waals surface area (Å²) in [6.07, 6.45) is 0. The first-order valence-corrected chi connectivity index (χ1v) is 3.37. The fourth-order valence-corrected chi connectivity index (χ4v) is 0. The van der Waals surface area contributed by atoms with Crippen molar-refractivity contribution in [1.29, 1.82) is 0 Å². The zero-order valence-electron chi connectivity index (χ0n) is 3.08. The molecule has 0 aliphatic carbocycles. The Morgan fingerprint density at radius 1 is 0.714 bits per heavy atom. The Bertz CT molecular complexity index is 63.7. The molecular formula is O4Ti2V. The summed E-state index contributed by atoms with van der Waals surface area (Å²) in [6, 6.07) is 0. The molecule has 0 aromatic rings. The van der Waals surface area contributed by atoms with Crippen molar-refractivity contribution < 1.29 is 70.0 Å². The molecule has 0 aliphatic heterocycles. The second-order valence-electron chi connectivity index (χ2n) is 0.167. The Hall–Kier alpha value is 1.21. The van der Waals surface area contributed by atoms with E-state index in [4.69, 9.17) is 13.3 Å². The van der Waals surface area contributed by atoms with Gasteiger partial charge in [0.25, 0.3) is 0 Å². The van der Waals surface area contributed by atoms with Crippen LogP contribution in [0, 0.1) is 0 Å². The summed E-state index contributed by atoms with van der Waals surface area (Å²) in [5.41, 5.74) is 0. The summed E-state index contributed by atoms with van der Waals surface area (Å²) in [6.45, 7) is 0. The molecule has 37 valence electrons. The zero-order valence-corrected chi connectivity index (χ0v) is 7.60. The second kappa shape index (κ2) is 27.0. The maximum Gasteiger partial charge on any atom is 0 e. The van der Waals surface area contributed by atoms with Crippen LogP contribution in [0.1, 0.15) is 0 Å². The predicted octanol–water partition coefficient (Wildman–Crippen LogP) is -0.483. The quantitative estimate of drug-likeness (QED) is 0.507. The van der Waals surface area contributed by atoms with Crippen LogP contribution in [-0.2, 0) is 70.0 Å². The molecule has 7 heteroatoms. The van der Waals surface area contributed by atoms with Crippen molar-refractivity contribution in [1.82, 2.24) is 0 Å². The molecule has 7 heavy (non-hydrogen) atoms. The fraction of sp³-hybridized carbons (Fsp3) is 0. The van der Waals surface area contributed by atoms with Gasteiger partial charge < -0.3 is 0 Å². The maximum absolute atomic E-state index is 8.50. The van der Waals surface area contributed by atoms with Crippen LogP contribution in [0.4, 0.5) is 0 Å². The van der Waals surface area contributed by atoms with Crippen molar-refractivity contribution in [3.8, 4) is 0 Å². The van der Waals surface area contributed by atoms with Crippen LogP contribution < -0.4 is 0 Å². The van der Waals surface area contributed by atoms with Crippen LogP contribution in [-0.4, -0.2) is 0 Å². The van der Waals surface area contributed by atoms with E-state index in [0.717, 1.165) is 0 Å². The SMILES string of the molecule is [O]=[Ti]=[O].[O]=[Ti]=[O].[V]. The third-order valence-electron chi connectivity index (χ3n) is 0. The second-order valence-corrected chi connectivity index (χ2v) is 0.687. The van der Waals surface area contributed by atoms with Gasteiger partial charge in [-0.15, -0.1) is 0 Å². The van der Waals surface area contributed by atoms with Crippen molar-refractivity contribution in [2.24, 2.45) is 0 Å². The first-order chi connectivity index (χ1) is 2.83. The average molecular weight is 211 g/mol. The van der Waals surface area contributed by atoms with E-state index >= 15 is 0 Å². The van der Waals surface area contributed by atoms with Gasteiger partial charge in [0.2, 0.25) is 0 Å². The minimum Gasteiger partial charge on any atom is 0 e. The molecule has 0 unspecified atom stereocenters. The Balaban J connectivity index is -0.0000000400. The molecule has 0 heterocycles. The average Bonchev–Trinajstić information content (AvgIpc) is 1.39. The molecule has 0 atom stereocenters. The van der Waals surface area contributed by atoms with Gasteiger partial charge in [-0.25, -0.2) is 0 Å². The van der Waals surface area contributed by atoms with Crippen molar-refractivity contribution in [3.63, 3.8) is 0 Å². The molecule has 1 radical (unpaired) electrons. The van der Waals surface area contributed by atoms with Gasteiger partial charge in [-0.05, 0) is 0 Å². The van der Waals surface area contributed by atoms with Crippen LogP contribution in [0.2, 0.25) is 0 Å². The summed E-state index contributed by atoms with van der Waals surface area (Å²) in [5.74, 6) is 0. The fourth-order valence-electron chi connectivity index (χ4n) is 0. The summed E-state index contributed by atoms with van der Waals surface area (Å²) in [4.78, 5) is 0. The normalized spacial score (nSPS) is 2.29. The van der Waals surface area contributed by atoms with Crippen LogP contribution >= 0.6 is 0 Å². The van der Waals surface area contributed by atoms with Crippen molar-refractivity contribution in [2.45, 2.75) is 0 Å². The Kier molecular flexibility index (Phi) is 60.6. The van der Waals surface area contributed by atoms with Gasteiger partial charge in [0.15, 0.2) is 0 Å². The molecule has 0 aliphatic rings. The largest absolute Gasteiger partial charge is 0 e. The molecule has 0 amide bonds. The van der Waals surface area contributed by atoms with Crippen LogP contribution in [0.3, 0.4) is 0 Å². The molecule has 0 saturated heterocycles. The zero-order chi connectivity index (χ0) is 5.41. The monoisotopic (exact) mass is 211 g/mol. The smallest absolute Gasteiger partial charge is 0 e. The van der Waals surface area contributed by atoms with Gasteiger partial charge in [-0.3, -0.25) is 0 Å². The van der Waals surface area contributed by atoms with Gasteiger partial charge in [-0.2, -0.15) is 0 Å². The molecule has 0 aromatic carbocycles. The van der Waals surface area contributed by atoms with E-state index in [1.54, 1.807) is 0 Å². The Morgan fingerprint density at radius 3 is 0.714 bits per heavy atom. The van der Waals surface area contributed by atoms with Crippen LogP contribution in [0.15, 0.2) is 0 Å². The third kappa shape index (κ3) is 133. The van der Waals surface area contributed by atoms with Gasteiger partial charge in [-0.1, -0.05) is 0 Å². The van der Waals surface area contributed by atoms with Crippen LogP contribution in [0.25, 0.3) is 0 Å². The van der Waals surface area contributed by atoms with Crippen LogP contribution in [0.5, 0.6) is 0 Å². The minimum atomic E-state index is -2.00. The number of hydrogen-bond donors (Lipinski definition) is 0. The number of hydrogen-bond acceptors (Lipinski definition) is 4. The first kappa shape index (κ1) is 15.7. The summed E-state index contributed by atoms with van der Waals surface area (Å²) >= 11 is -4.00. The van der Waals surface area contributed by atoms with E-state index in [1.807, 2.05) is 0 Å². The molecule has 0 aromatic heterocycles. The van der Waals surface area contributed by atoms with Crippen molar-refractivity contribution >= 4 is 0 Å². The molecule has 0 saturated carbocycles. The van der Waals surface area contributed by atoms with Crippen molar-refractivity contribution in [3.05, 3.63) is 0 Å². The van der Waals surface area contributed by atoms with E-state index in [0.29, 0.717) is 0 Å². The van der Waals surface area contributed by atoms with E-state index in [1.165, 1.54) is 0 Å². The molecule has 4 nitrogen and oxygen atoms in total. The third-order valence-corrected chi connectivity index (χ3v) is 0. The summed E-state index contributed by atoms with van der Waals surface area (Å²) in [7, 11) is 0. The molecule has 0 fully saturated rings. The van der Waals surface area contributed by atoms with Crippen molar-refractivity contribution in [2.75, 3.05) is 0 Å². The van der Waals surface area contributed by atoms with Gasteiger partial charge in [0.05, 0.1) is 0 Å². The molecule has 0 spiro atoms. The van der Waals surface area contributed by atoms with Gasteiger partial charge in [0, 0.05) is 18.6 Å². The first-order valence-electron chi connectivity index (χ1n) is 0.816. The minimum absolute atomic E-state index is 0. The standard InChI is InChI=1S/4O.2Ti.V. The summed E-state index contributed by atoms with van der Waals surface area (Å²) < 4.78 is 34.0.